The molecule has 7 heteroatoms. The number of nitrogens with two attached hydrogens (primary N) is 1. The van der Waals surface area contributed by atoms with Gasteiger partial charge >= 0.3 is 0 Å². The van der Waals surface area contributed by atoms with Crippen LogP contribution in [0.15, 0.2) is 65.6 Å². The average Bonchev–Trinajstić information content (AvgIpc) is 3.04. The molecule has 2 aromatic rings. The Bertz CT molecular complexity index is 856. The largest absolute Gasteiger partial charge is 0.339 e. The number of benzene rings is 2. The van der Waals surface area contributed by atoms with Crippen molar-refractivity contribution in [2.24, 2.45) is 5.73 Å². The lowest BCUT2D eigenvalue weighted by molar-refractivity contribution is -0.131. The number of amides is 1. The van der Waals surface area contributed by atoms with Gasteiger partial charge in [0.15, 0.2) is 0 Å². The van der Waals surface area contributed by atoms with Crippen molar-refractivity contribution >= 4 is 15.9 Å². The first kappa shape index (κ1) is 18.6. The van der Waals surface area contributed by atoms with Gasteiger partial charge in [0.2, 0.25) is 15.9 Å². The highest BCUT2D eigenvalue weighted by Gasteiger charge is 2.36. The highest BCUT2D eigenvalue weighted by atomic mass is 32.2. The molecule has 1 heterocycles. The SMILES string of the molecule is CC(NS(=O)(=O)c1ccccc1)C(=O)N1C[C@@H](N)[C@H](c2ccccc2)C1. The van der Waals surface area contributed by atoms with Gasteiger partial charge in [-0.25, -0.2) is 8.42 Å². The number of sulfonamides is 1. The molecule has 2 aromatic carbocycles. The molecule has 0 bridgehead atoms. The van der Waals surface area contributed by atoms with Crippen LogP contribution in [-0.2, 0) is 14.8 Å². The molecule has 0 spiro atoms. The van der Waals surface area contributed by atoms with Crippen LogP contribution < -0.4 is 10.5 Å². The van der Waals surface area contributed by atoms with Crippen LogP contribution in [0.4, 0.5) is 0 Å². The number of rotatable bonds is 5. The van der Waals surface area contributed by atoms with Crippen molar-refractivity contribution in [2.75, 3.05) is 13.1 Å². The standard InChI is InChI=1S/C19H23N3O3S/c1-14(21-26(24,25)16-10-6-3-7-11-16)19(23)22-12-17(18(20)13-22)15-8-4-2-5-9-15/h2-11,14,17-18,21H,12-13,20H2,1H3/t14?,17-,18+/m0/s1. The summed E-state index contributed by atoms with van der Waals surface area (Å²) >= 11 is 0. The van der Waals surface area contributed by atoms with Gasteiger partial charge in [-0.3, -0.25) is 4.79 Å². The van der Waals surface area contributed by atoms with Crippen LogP contribution in [0.2, 0.25) is 0 Å². The Labute approximate surface area is 154 Å². The van der Waals surface area contributed by atoms with Crippen molar-refractivity contribution in [3.8, 4) is 0 Å². The molecule has 26 heavy (non-hydrogen) atoms. The summed E-state index contributed by atoms with van der Waals surface area (Å²) in [5, 5.41) is 0. The van der Waals surface area contributed by atoms with Crippen LogP contribution in [0.1, 0.15) is 18.4 Å². The average molecular weight is 373 g/mol. The predicted octanol–water partition coefficient (Wildman–Crippen LogP) is 1.31. The molecule has 3 rings (SSSR count). The summed E-state index contributed by atoms with van der Waals surface area (Å²) in [5.74, 6) is -0.212. The third-order valence-electron chi connectivity index (χ3n) is 4.66. The molecule has 3 N–H and O–H groups in total. The van der Waals surface area contributed by atoms with Crippen LogP contribution >= 0.6 is 0 Å². The zero-order chi connectivity index (χ0) is 18.7. The van der Waals surface area contributed by atoms with Crippen LogP contribution in [0.25, 0.3) is 0 Å². The minimum absolute atomic E-state index is 0.0538. The maximum Gasteiger partial charge on any atom is 0.241 e. The van der Waals surface area contributed by atoms with Crippen LogP contribution in [-0.4, -0.2) is 44.4 Å². The first-order valence-corrected chi connectivity index (χ1v) is 10.0. The molecule has 1 fully saturated rings. The fourth-order valence-electron chi connectivity index (χ4n) is 3.29. The molecule has 1 amide bonds. The Morgan fingerprint density at radius 1 is 1.08 bits per heavy atom. The predicted molar refractivity (Wildman–Crippen MR) is 100.0 cm³/mol. The third-order valence-corrected chi connectivity index (χ3v) is 6.22. The lowest BCUT2D eigenvalue weighted by atomic mass is 9.95. The monoisotopic (exact) mass is 373 g/mol. The van der Waals surface area contributed by atoms with Crippen molar-refractivity contribution in [1.29, 1.82) is 0 Å². The second-order valence-electron chi connectivity index (χ2n) is 6.58. The second kappa shape index (κ2) is 7.57. The topological polar surface area (TPSA) is 92.5 Å². The molecule has 1 saturated heterocycles. The van der Waals surface area contributed by atoms with E-state index >= 15 is 0 Å². The number of nitrogens with zero attached hydrogens (tertiary/aromatic N) is 1. The van der Waals surface area contributed by atoms with E-state index in [4.69, 9.17) is 5.73 Å². The summed E-state index contributed by atoms with van der Waals surface area (Å²) in [6, 6.07) is 16.8. The van der Waals surface area contributed by atoms with Gasteiger partial charge in [-0.1, -0.05) is 48.5 Å². The summed E-state index contributed by atoms with van der Waals surface area (Å²) < 4.78 is 27.3. The summed E-state index contributed by atoms with van der Waals surface area (Å²) in [6.07, 6.45) is 0. The number of likely N-dealkylation sites (tertiary alicyclic amines) is 1. The molecule has 6 nitrogen and oxygen atoms in total. The highest BCUT2D eigenvalue weighted by Crippen LogP contribution is 2.26. The molecular weight excluding hydrogens is 350 g/mol. The molecule has 1 unspecified atom stereocenters. The van der Waals surface area contributed by atoms with Crippen molar-refractivity contribution in [2.45, 2.75) is 29.8 Å². The van der Waals surface area contributed by atoms with E-state index < -0.39 is 16.1 Å². The molecule has 0 saturated carbocycles. The van der Waals surface area contributed by atoms with Gasteiger partial charge in [0.05, 0.1) is 10.9 Å². The van der Waals surface area contributed by atoms with E-state index in [1.54, 1.807) is 30.0 Å². The van der Waals surface area contributed by atoms with E-state index in [1.807, 2.05) is 30.3 Å². The zero-order valence-electron chi connectivity index (χ0n) is 14.6. The Morgan fingerprint density at radius 2 is 1.65 bits per heavy atom. The lowest BCUT2D eigenvalue weighted by Crippen LogP contribution is -2.46. The summed E-state index contributed by atoms with van der Waals surface area (Å²) in [6.45, 7) is 2.46. The maximum absolute atomic E-state index is 12.7. The Kier molecular flexibility index (Phi) is 5.41. The normalized spacial score (nSPS) is 21.5. The molecule has 1 aliphatic rings. The quantitative estimate of drug-likeness (QED) is 0.826. The molecule has 1 aliphatic heterocycles. The van der Waals surface area contributed by atoms with E-state index in [0.29, 0.717) is 13.1 Å². The van der Waals surface area contributed by atoms with E-state index in [9.17, 15) is 13.2 Å². The van der Waals surface area contributed by atoms with Crippen LogP contribution in [0.3, 0.4) is 0 Å². The molecule has 0 aromatic heterocycles. The fraction of sp³-hybridized carbons (Fsp3) is 0.316. The number of carbonyl (C=O) groups is 1. The Hall–Kier alpha value is -2.22. The van der Waals surface area contributed by atoms with Crippen LogP contribution in [0.5, 0.6) is 0 Å². The molecule has 0 radical (unpaired) electrons. The lowest BCUT2D eigenvalue weighted by Gasteiger charge is -2.21. The van der Waals surface area contributed by atoms with Gasteiger partial charge in [-0.15, -0.1) is 0 Å². The smallest absolute Gasteiger partial charge is 0.241 e. The second-order valence-corrected chi connectivity index (χ2v) is 8.29. The third kappa shape index (κ3) is 3.95. The number of hydrogen-bond donors (Lipinski definition) is 2. The Morgan fingerprint density at radius 3 is 2.27 bits per heavy atom. The first-order valence-electron chi connectivity index (χ1n) is 8.55. The Balaban J connectivity index is 1.68. The van der Waals surface area contributed by atoms with Crippen molar-refractivity contribution in [3.63, 3.8) is 0 Å². The van der Waals surface area contributed by atoms with E-state index in [-0.39, 0.29) is 22.8 Å². The zero-order valence-corrected chi connectivity index (χ0v) is 15.4. The van der Waals surface area contributed by atoms with Gasteiger partial charge in [0.1, 0.15) is 0 Å². The highest BCUT2D eigenvalue weighted by molar-refractivity contribution is 7.89. The van der Waals surface area contributed by atoms with Gasteiger partial charge in [0.25, 0.3) is 0 Å². The van der Waals surface area contributed by atoms with Crippen LogP contribution in [0, 0.1) is 0 Å². The van der Waals surface area contributed by atoms with Crippen molar-refractivity contribution in [3.05, 3.63) is 66.2 Å². The number of hydrogen-bond acceptors (Lipinski definition) is 4. The van der Waals surface area contributed by atoms with Crippen molar-refractivity contribution < 1.29 is 13.2 Å². The van der Waals surface area contributed by atoms with E-state index in [2.05, 4.69) is 4.72 Å². The first-order chi connectivity index (χ1) is 12.4. The van der Waals surface area contributed by atoms with E-state index in [1.165, 1.54) is 12.1 Å². The van der Waals surface area contributed by atoms with Crippen molar-refractivity contribution in [1.82, 2.24) is 9.62 Å². The molecular formula is C19H23N3O3S. The van der Waals surface area contributed by atoms with Gasteiger partial charge in [-0.2, -0.15) is 4.72 Å². The van der Waals surface area contributed by atoms with Gasteiger partial charge < -0.3 is 10.6 Å². The van der Waals surface area contributed by atoms with E-state index in [0.717, 1.165) is 5.56 Å². The summed E-state index contributed by atoms with van der Waals surface area (Å²) in [4.78, 5) is 14.5. The van der Waals surface area contributed by atoms with Gasteiger partial charge in [0, 0.05) is 25.0 Å². The molecule has 138 valence electrons. The molecule has 0 aliphatic carbocycles. The number of carbonyl (C=O) groups excluding carboxylic acids is 1. The maximum atomic E-state index is 12.7. The van der Waals surface area contributed by atoms with Gasteiger partial charge in [-0.05, 0) is 24.6 Å². The minimum Gasteiger partial charge on any atom is -0.339 e. The fourth-order valence-corrected chi connectivity index (χ4v) is 4.50. The summed E-state index contributed by atoms with van der Waals surface area (Å²) in [7, 11) is -3.74. The minimum atomic E-state index is -3.74. The molecule has 3 atom stereocenters. The number of nitrogens with one attached hydrogen (secondary N) is 1. The summed E-state index contributed by atoms with van der Waals surface area (Å²) in [5.41, 5.74) is 7.32.